The van der Waals surface area contributed by atoms with Crippen LogP contribution in [0.5, 0.6) is 34.5 Å². The number of azo groups is 2. The van der Waals surface area contributed by atoms with Crippen LogP contribution in [-0.2, 0) is 49.9 Å². The Labute approximate surface area is 510 Å². The SMILES string of the molecule is Nc1ccc(S(=O)(=O)[O-])c2cc(S(=O)(=O)O)c(N=Nc3ccc4c(c3)OCCOCCOc3ccc(N=Nc5c(S(=O)(=O)O)cc6c(S(=O)(=O)[O-])ccc(N)c6c5[O-])cc3OCCOCCO4)c([O-])c12.[Na+].[Na+].[Na+].[Na+]. The molecule has 0 radical (unpaired) electrons. The maximum atomic E-state index is 13.5. The third-order valence-electron chi connectivity index (χ3n) is 9.80. The molecule has 6 aromatic rings. The maximum Gasteiger partial charge on any atom is 1.00 e. The summed E-state index contributed by atoms with van der Waals surface area (Å²) < 4.78 is 175. The molecule has 0 unspecified atom stereocenters. The first-order valence-electron chi connectivity index (χ1n) is 19.7. The zero-order chi connectivity index (χ0) is 50.8. The van der Waals surface area contributed by atoms with E-state index in [4.69, 9.17) is 39.9 Å². The van der Waals surface area contributed by atoms with E-state index in [9.17, 15) is 62.1 Å². The Hall–Kier alpha value is -3.00. The van der Waals surface area contributed by atoms with Gasteiger partial charge in [0.1, 0.15) is 56.5 Å². The number of benzene rings is 6. The summed E-state index contributed by atoms with van der Waals surface area (Å²) in [7, 11) is -21.0. The number of hydrogen-bond acceptors (Lipinski definition) is 24. The van der Waals surface area contributed by atoms with Gasteiger partial charge in [-0.2, -0.15) is 27.1 Å². The Morgan fingerprint density at radius 2 is 0.757 bits per heavy atom. The summed E-state index contributed by atoms with van der Waals surface area (Å²) in [6.45, 7) is -0.280. The van der Waals surface area contributed by atoms with E-state index in [1.54, 1.807) is 0 Å². The summed E-state index contributed by atoms with van der Waals surface area (Å²) in [4.78, 5) is -4.21. The number of ether oxygens (including phenoxy) is 6. The van der Waals surface area contributed by atoms with Crippen LogP contribution in [0.1, 0.15) is 0 Å². The number of hydrogen-bond donors (Lipinski definition) is 4. The minimum atomic E-state index is -5.26. The van der Waals surface area contributed by atoms with E-state index < -0.39 is 104 Å². The van der Waals surface area contributed by atoms with Crippen LogP contribution >= 0.6 is 0 Å². The first-order valence-corrected chi connectivity index (χ1v) is 25.4. The van der Waals surface area contributed by atoms with Crippen molar-refractivity contribution >= 4 is 96.1 Å². The van der Waals surface area contributed by atoms with Crippen molar-refractivity contribution in [2.75, 3.05) is 64.3 Å². The van der Waals surface area contributed by atoms with Crippen LogP contribution in [0.15, 0.2) is 113 Å². The maximum absolute atomic E-state index is 13.5. The van der Waals surface area contributed by atoms with Crippen molar-refractivity contribution in [1.82, 2.24) is 0 Å². The van der Waals surface area contributed by atoms with Crippen molar-refractivity contribution < 1.29 is 209 Å². The molecule has 34 heteroatoms. The molecule has 0 aliphatic carbocycles. The van der Waals surface area contributed by atoms with Gasteiger partial charge in [-0.1, -0.05) is 11.5 Å². The Morgan fingerprint density at radius 3 is 1.07 bits per heavy atom. The molecule has 1 heterocycles. The molecule has 0 aromatic heterocycles. The van der Waals surface area contributed by atoms with Crippen molar-refractivity contribution in [3.63, 3.8) is 0 Å². The molecule has 1 aliphatic rings. The molecule has 26 nitrogen and oxygen atoms in total. The van der Waals surface area contributed by atoms with Crippen molar-refractivity contribution in [2.45, 2.75) is 19.6 Å². The van der Waals surface area contributed by atoms with Crippen LogP contribution in [0.2, 0.25) is 0 Å². The van der Waals surface area contributed by atoms with Crippen LogP contribution in [0.4, 0.5) is 34.1 Å². The van der Waals surface area contributed by atoms with Crippen LogP contribution < -0.4 is 159 Å². The Bertz CT molecular complexity index is 3360. The zero-order valence-corrected chi connectivity index (χ0v) is 50.7. The summed E-state index contributed by atoms with van der Waals surface area (Å²) in [6.07, 6.45) is 0. The van der Waals surface area contributed by atoms with Crippen LogP contribution in [-0.4, -0.2) is 105 Å². The molecule has 6 N–H and O–H groups in total. The fourth-order valence-corrected chi connectivity index (χ4v) is 9.37. The third kappa shape index (κ3) is 15.6. The molecule has 0 spiro atoms. The number of fused-ring (bicyclic) bond motifs is 4. The van der Waals surface area contributed by atoms with E-state index in [1.807, 2.05) is 0 Å². The molecule has 0 amide bonds. The Kier molecular flexibility index (Phi) is 23.9. The third-order valence-corrected chi connectivity index (χ3v) is 13.3. The van der Waals surface area contributed by atoms with Crippen molar-refractivity contribution in [3.8, 4) is 34.5 Å². The first-order chi connectivity index (χ1) is 32.9. The minimum Gasteiger partial charge on any atom is -0.870 e. The predicted octanol–water partition coefficient (Wildman–Crippen LogP) is -8.28. The number of anilines is 2. The number of nitrogen functional groups attached to an aromatic ring is 2. The normalized spacial score (nSPS) is 14.2. The molecule has 7 rings (SSSR count). The van der Waals surface area contributed by atoms with E-state index in [2.05, 4.69) is 20.5 Å². The van der Waals surface area contributed by atoms with Gasteiger partial charge in [-0.05, 0) is 60.7 Å². The monoisotopic (exact) mass is 1140 g/mol. The van der Waals surface area contributed by atoms with Gasteiger partial charge in [0.15, 0.2) is 23.0 Å². The molecule has 0 bridgehead atoms. The van der Waals surface area contributed by atoms with Gasteiger partial charge in [-0.3, -0.25) is 9.11 Å². The standard InChI is InChI=1S/C40H38N6O20S4.4Na/c41-25-3-7-31(67(49,50)51)23-19-33(69(55,56)57)37(39(47)35(23)25)45-43-21-1-5-27-29(17-21)65-15-11-62-10-14-64-28-6-2-22(18-30(28)66-16-12-61-9-13-63-27)44-46-38-34(70(58,59)60)20-24-32(68(52,53)54)8-4-26(42)36(24)40(38)48;;;;/h1-8,17-20,47-48H,9-16,41-42H2,(H,49,50,51)(H,52,53,54)(H,55,56,57)(H,58,59,60);;;;/q;4*+1/p-4. The fourth-order valence-electron chi connectivity index (χ4n) is 6.75. The van der Waals surface area contributed by atoms with E-state index in [0.717, 1.165) is 24.3 Å². The van der Waals surface area contributed by atoms with E-state index in [-0.39, 0.29) is 217 Å². The van der Waals surface area contributed by atoms with Gasteiger partial charge in [0.05, 0.1) is 59.0 Å². The van der Waals surface area contributed by atoms with Crippen molar-refractivity contribution in [2.24, 2.45) is 20.5 Å². The van der Waals surface area contributed by atoms with Gasteiger partial charge in [-0.15, -0.1) is 10.2 Å². The predicted molar refractivity (Wildman–Crippen MR) is 236 cm³/mol. The van der Waals surface area contributed by atoms with Crippen LogP contribution in [0.25, 0.3) is 21.5 Å². The summed E-state index contributed by atoms with van der Waals surface area (Å²) in [5.74, 6) is -1.98. The fraction of sp³-hybridized carbons (Fsp3) is 0.200. The van der Waals surface area contributed by atoms with Crippen LogP contribution in [0.3, 0.4) is 0 Å². The van der Waals surface area contributed by atoms with Gasteiger partial charge in [0.25, 0.3) is 20.2 Å². The second-order valence-electron chi connectivity index (χ2n) is 14.4. The first kappa shape index (κ1) is 65.3. The summed E-state index contributed by atoms with van der Waals surface area (Å²) in [5.41, 5.74) is 9.24. The van der Waals surface area contributed by atoms with Gasteiger partial charge in [-0.25, -0.2) is 16.8 Å². The average Bonchev–Trinajstić information content (AvgIpc) is 3.26. The number of rotatable bonds is 8. The molecule has 0 saturated carbocycles. The molecule has 6 aromatic carbocycles. The molecule has 0 fully saturated rings. The van der Waals surface area contributed by atoms with Crippen molar-refractivity contribution in [1.29, 1.82) is 0 Å². The molecule has 372 valence electrons. The van der Waals surface area contributed by atoms with E-state index >= 15 is 0 Å². The number of nitrogens with two attached hydrogens (primary N) is 2. The largest absolute Gasteiger partial charge is 1.00 e. The molecular weight excluding hydrogens is 1100 g/mol. The van der Waals surface area contributed by atoms with Gasteiger partial charge in [0, 0.05) is 45.1 Å². The van der Waals surface area contributed by atoms with Crippen molar-refractivity contribution in [3.05, 3.63) is 72.8 Å². The molecule has 0 atom stereocenters. The van der Waals surface area contributed by atoms with Crippen LogP contribution in [0, 0.1) is 0 Å². The van der Waals surface area contributed by atoms with E-state index in [1.165, 1.54) is 36.4 Å². The average molecular weight is 1140 g/mol. The molecule has 74 heavy (non-hydrogen) atoms. The number of nitrogens with zero attached hydrogens (tertiary/aromatic N) is 4. The molecule has 1 aliphatic heterocycles. The van der Waals surface area contributed by atoms with Gasteiger partial charge in [0.2, 0.25) is 0 Å². The zero-order valence-electron chi connectivity index (χ0n) is 39.4. The van der Waals surface area contributed by atoms with Gasteiger partial charge < -0.3 is 59.2 Å². The summed E-state index contributed by atoms with van der Waals surface area (Å²) in [5, 5.41) is 40.0. The molecular formula is C40H34N6Na4O20S4. The minimum absolute atomic E-state index is 0. The topological polar surface area (TPSA) is 426 Å². The second kappa shape index (κ2) is 27.0. The Balaban J connectivity index is 0.00000361. The second-order valence-corrected chi connectivity index (χ2v) is 19.9. The van der Waals surface area contributed by atoms with E-state index in [0.29, 0.717) is 12.1 Å². The summed E-state index contributed by atoms with van der Waals surface area (Å²) in [6, 6.07) is 12.8. The summed E-state index contributed by atoms with van der Waals surface area (Å²) >= 11 is 0. The molecule has 0 saturated heterocycles. The quantitative estimate of drug-likeness (QED) is 0.0476. The smallest absolute Gasteiger partial charge is 0.870 e. The van der Waals surface area contributed by atoms with Gasteiger partial charge >= 0.3 is 118 Å². The Morgan fingerprint density at radius 1 is 0.432 bits per heavy atom.